The van der Waals surface area contributed by atoms with Crippen molar-refractivity contribution in [3.63, 3.8) is 0 Å². The number of nitrogens with two attached hydrogens (primary N) is 2. The van der Waals surface area contributed by atoms with E-state index in [-0.39, 0.29) is 11.9 Å². The van der Waals surface area contributed by atoms with Gasteiger partial charge in [0.25, 0.3) is 0 Å². The van der Waals surface area contributed by atoms with Crippen molar-refractivity contribution in [3.8, 4) is 0 Å². The van der Waals surface area contributed by atoms with Gasteiger partial charge in [0.05, 0.1) is 0 Å². The minimum atomic E-state index is 0.155. The summed E-state index contributed by atoms with van der Waals surface area (Å²) in [5.41, 5.74) is 12.3. The molecule has 0 spiro atoms. The fraction of sp³-hybridized carbons (Fsp3) is 0.0714. The Labute approximate surface area is 110 Å². The minimum Gasteiger partial charge on any atom is -0.368 e. The molecule has 5 heteroatoms. The molecule has 0 aliphatic carbocycles. The first-order chi connectivity index (χ1) is 9.22. The lowest BCUT2D eigenvalue weighted by molar-refractivity contribution is 0.943. The van der Waals surface area contributed by atoms with Crippen LogP contribution in [0.1, 0.15) is 11.4 Å². The molecule has 0 bridgehead atoms. The van der Waals surface area contributed by atoms with Crippen molar-refractivity contribution in [2.75, 3.05) is 11.5 Å². The van der Waals surface area contributed by atoms with E-state index < -0.39 is 0 Å². The highest BCUT2D eigenvalue weighted by Crippen LogP contribution is 2.20. The number of rotatable bonds is 2. The van der Waals surface area contributed by atoms with E-state index in [0.29, 0.717) is 12.2 Å². The summed E-state index contributed by atoms with van der Waals surface area (Å²) in [6.07, 6.45) is 0.582. The van der Waals surface area contributed by atoms with Crippen LogP contribution in [-0.4, -0.2) is 15.0 Å². The summed E-state index contributed by atoms with van der Waals surface area (Å²) in [7, 11) is 0. The van der Waals surface area contributed by atoms with Crippen molar-refractivity contribution in [2.24, 2.45) is 0 Å². The molecule has 0 aliphatic heterocycles. The zero-order chi connectivity index (χ0) is 13.2. The number of nitrogens with zero attached hydrogens (tertiary/aromatic N) is 3. The molecule has 5 nitrogen and oxygen atoms in total. The standard InChI is InChI=1S/C14H13N5/c15-13-17-12(18-14(16)19-13)8-10-6-3-5-9-4-1-2-7-11(9)10/h1-7H,8H2,(H4,15,16,17,18,19). The predicted octanol–water partition coefficient (Wildman–Crippen LogP) is 1.78. The lowest BCUT2D eigenvalue weighted by atomic mass is 10.0. The number of hydrogen-bond acceptors (Lipinski definition) is 5. The SMILES string of the molecule is Nc1nc(N)nc(Cc2cccc3ccccc23)n1. The van der Waals surface area contributed by atoms with Crippen molar-refractivity contribution in [1.29, 1.82) is 0 Å². The lowest BCUT2D eigenvalue weighted by Crippen LogP contribution is -2.07. The highest BCUT2D eigenvalue weighted by Gasteiger charge is 2.06. The van der Waals surface area contributed by atoms with E-state index in [1.54, 1.807) is 0 Å². The van der Waals surface area contributed by atoms with Crippen LogP contribution in [0.3, 0.4) is 0 Å². The average Bonchev–Trinajstić information content (AvgIpc) is 2.38. The number of fused-ring (bicyclic) bond motifs is 1. The van der Waals surface area contributed by atoms with Gasteiger partial charge in [-0.15, -0.1) is 0 Å². The van der Waals surface area contributed by atoms with Crippen LogP contribution in [0.25, 0.3) is 10.8 Å². The molecule has 4 N–H and O–H groups in total. The van der Waals surface area contributed by atoms with Crippen LogP contribution in [0.2, 0.25) is 0 Å². The molecule has 0 fully saturated rings. The zero-order valence-corrected chi connectivity index (χ0v) is 10.2. The molecule has 2 aromatic carbocycles. The molecule has 0 atom stereocenters. The molecular weight excluding hydrogens is 238 g/mol. The van der Waals surface area contributed by atoms with Gasteiger partial charge in [-0.2, -0.15) is 15.0 Å². The number of anilines is 2. The summed E-state index contributed by atoms with van der Waals surface area (Å²) in [5.74, 6) is 0.895. The van der Waals surface area contributed by atoms with Crippen LogP contribution in [-0.2, 0) is 6.42 Å². The molecule has 94 valence electrons. The molecule has 1 aromatic heterocycles. The van der Waals surface area contributed by atoms with Gasteiger partial charge in [0.2, 0.25) is 11.9 Å². The zero-order valence-electron chi connectivity index (χ0n) is 10.2. The Hall–Kier alpha value is -2.69. The monoisotopic (exact) mass is 251 g/mol. The van der Waals surface area contributed by atoms with Crippen LogP contribution in [0.4, 0.5) is 11.9 Å². The van der Waals surface area contributed by atoms with Gasteiger partial charge in [0.1, 0.15) is 5.82 Å². The molecule has 3 aromatic rings. The summed E-state index contributed by atoms with van der Waals surface area (Å²) < 4.78 is 0. The third kappa shape index (κ3) is 2.30. The van der Waals surface area contributed by atoms with E-state index in [1.807, 2.05) is 18.2 Å². The first-order valence-corrected chi connectivity index (χ1v) is 5.95. The molecule has 0 amide bonds. The second kappa shape index (κ2) is 4.53. The summed E-state index contributed by atoms with van der Waals surface area (Å²) in [6.45, 7) is 0. The van der Waals surface area contributed by atoms with E-state index in [2.05, 4.69) is 39.2 Å². The van der Waals surface area contributed by atoms with Crippen LogP contribution in [0, 0.1) is 0 Å². The first kappa shape index (κ1) is 11.4. The summed E-state index contributed by atoms with van der Waals surface area (Å²) >= 11 is 0. The average molecular weight is 251 g/mol. The van der Waals surface area contributed by atoms with Gasteiger partial charge < -0.3 is 11.5 Å². The molecule has 3 rings (SSSR count). The Morgan fingerprint density at radius 1 is 0.789 bits per heavy atom. The summed E-state index contributed by atoms with van der Waals surface area (Å²) in [4.78, 5) is 12.0. The Morgan fingerprint density at radius 2 is 1.47 bits per heavy atom. The Morgan fingerprint density at radius 3 is 2.26 bits per heavy atom. The van der Waals surface area contributed by atoms with Crippen molar-refractivity contribution < 1.29 is 0 Å². The summed E-state index contributed by atoms with van der Waals surface area (Å²) in [6, 6.07) is 14.3. The van der Waals surface area contributed by atoms with Crippen molar-refractivity contribution >= 4 is 22.7 Å². The van der Waals surface area contributed by atoms with E-state index in [0.717, 1.165) is 5.56 Å². The lowest BCUT2D eigenvalue weighted by Gasteiger charge is -2.06. The van der Waals surface area contributed by atoms with Crippen LogP contribution >= 0.6 is 0 Å². The maximum atomic E-state index is 5.58. The maximum absolute atomic E-state index is 5.58. The van der Waals surface area contributed by atoms with Gasteiger partial charge >= 0.3 is 0 Å². The smallest absolute Gasteiger partial charge is 0.225 e. The predicted molar refractivity (Wildman–Crippen MR) is 75.4 cm³/mol. The highest BCUT2D eigenvalue weighted by atomic mass is 15.1. The highest BCUT2D eigenvalue weighted by molar-refractivity contribution is 5.85. The van der Waals surface area contributed by atoms with Crippen LogP contribution in [0.15, 0.2) is 42.5 Å². The Balaban J connectivity index is 2.05. The van der Waals surface area contributed by atoms with E-state index in [1.165, 1.54) is 10.8 Å². The molecule has 0 unspecified atom stereocenters. The Bertz CT molecular complexity index is 713. The minimum absolute atomic E-state index is 0.155. The fourth-order valence-corrected chi connectivity index (χ4v) is 2.15. The topological polar surface area (TPSA) is 90.7 Å². The normalized spacial score (nSPS) is 10.7. The maximum Gasteiger partial charge on any atom is 0.225 e. The Kier molecular flexibility index (Phi) is 2.72. The third-order valence-corrected chi connectivity index (χ3v) is 2.94. The van der Waals surface area contributed by atoms with E-state index in [9.17, 15) is 0 Å². The molecule has 0 saturated carbocycles. The number of hydrogen-bond donors (Lipinski definition) is 2. The molecule has 1 heterocycles. The number of aromatic nitrogens is 3. The molecule has 0 saturated heterocycles. The van der Waals surface area contributed by atoms with Gasteiger partial charge in [-0.1, -0.05) is 42.5 Å². The van der Waals surface area contributed by atoms with Crippen molar-refractivity contribution in [1.82, 2.24) is 15.0 Å². The largest absolute Gasteiger partial charge is 0.368 e. The number of nitrogen functional groups attached to an aromatic ring is 2. The molecule has 19 heavy (non-hydrogen) atoms. The van der Waals surface area contributed by atoms with Crippen LogP contribution < -0.4 is 11.5 Å². The molecular formula is C14H13N5. The van der Waals surface area contributed by atoms with Crippen LogP contribution in [0.5, 0.6) is 0 Å². The molecule has 0 aliphatic rings. The van der Waals surface area contributed by atoms with Crippen molar-refractivity contribution in [3.05, 3.63) is 53.9 Å². The first-order valence-electron chi connectivity index (χ1n) is 5.95. The second-order valence-electron chi connectivity index (χ2n) is 4.28. The third-order valence-electron chi connectivity index (χ3n) is 2.94. The van der Waals surface area contributed by atoms with Gasteiger partial charge in [0, 0.05) is 6.42 Å². The van der Waals surface area contributed by atoms with Gasteiger partial charge in [-0.05, 0) is 16.3 Å². The van der Waals surface area contributed by atoms with E-state index >= 15 is 0 Å². The van der Waals surface area contributed by atoms with Gasteiger partial charge in [-0.3, -0.25) is 0 Å². The summed E-state index contributed by atoms with van der Waals surface area (Å²) in [5, 5.41) is 2.37. The van der Waals surface area contributed by atoms with Gasteiger partial charge in [0.15, 0.2) is 0 Å². The second-order valence-corrected chi connectivity index (χ2v) is 4.28. The number of benzene rings is 2. The quantitative estimate of drug-likeness (QED) is 0.724. The molecule has 0 radical (unpaired) electrons. The van der Waals surface area contributed by atoms with E-state index in [4.69, 9.17) is 11.5 Å². The fourth-order valence-electron chi connectivity index (χ4n) is 2.15. The van der Waals surface area contributed by atoms with Gasteiger partial charge in [-0.25, -0.2) is 0 Å². The van der Waals surface area contributed by atoms with Crippen molar-refractivity contribution in [2.45, 2.75) is 6.42 Å².